The van der Waals surface area contributed by atoms with Crippen LogP contribution in [0.5, 0.6) is 0 Å². The average molecular weight is 321 g/mol. The Morgan fingerprint density at radius 2 is 2.05 bits per heavy atom. The van der Waals surface area contributed by atoms with Gasteiger partial charge in [0.2, 0.25) is 0 Å². The zero-order chi connectivity index (χ0) is 15.9. The molecule has 0 saturated heterocycles. The minimum Gasteiger partial charge on any atom is -0.468 e. The second-order valence-electron chi connectivity index (χ2n) is 5.28. The van der Waals surface area contributed by atoms with E-state index in [0.717, 1.165) is 12.2 Å². The minimum absolute atomic E-state index is 0.0224. The summed E-state index contributed by atoms with van der Waals surface area (Å²) in [5.74, 6) is 0.844. The van der Waals surface area contributed by atoms with Gasteiger partial charge in [0.05, 0.1) is 18.8 Å². The maximum atomic E-state index is 11.9. The van der Waals surface area contributed by atoms with Crippen molar-refractivity contribution in [1.29, 1.82) is 0 Å². The van der Waals surface area contributed by atoms with Crippen molar-refractivity contribution in [2.24, 2.45) is 0 Å². The molecule has 5 nitrogen and oxygen atoms in total. The summed E-state index contributed by atoms with van der Waals surface area (Å²) in [6, 6.07) is 7.81. The second-order valence-corrected chi connectivity index (χ2v) is 6.53. The fourth-order valence-electron chi connectivity index (χ4n) is 2.15. The van der Waals surface area contributed by atoms with E-state index in [1.807, 2.05) is 31.1 Å². The van der Waals surface area contributed by atoms with Gasteiger partial charge in [-0.25, -0.2) is 4.79 Å². The first-order valence-corrected chi connectivity index (χ1v) is 8.21. The van der Waals surface area contributed by atoms with Crippen molar-refractivity contribution in [3.8, 4) is 0 Å². The van der Waals surface area contributed by atoms with E-state index in [0.29, 0.717) is 13.1 Å². The van der Waals surface area contributed by atoms with Crippen molar-refractivity contribution in [3.63, 3.8) is 0 Å². The molecule has 2 aromatic rings. The Bertz CT molecular complexity index is 578. The van der Waals surface area contributed by atoms with Gasteiger partial charge in [-0.2, -0.15) is 0 Å². The fourth-order valence-corrected chi connectivity index (χ4v) is 3.04. The lowest BCUT2D eigenvalue weighted by atomic mass is 10.2. The SMILES string of the molecule is CCc1ccc(CNC(=O)NC[C@@H](c2ccco2)N(C)C)s1. The number of amides is 2. The maximum absolute atomic E-state index is 11.9. The van der Waals surface area contributed by atoms with Gasteiger partial charge >= 0.3 is 6.03 Å². The molecule has 0 spiro atoms. The molecule has 0 unspecified atom stereocenters. The lowest BCUT2D eigenvalue weighted by Crippen LogP contribution is -2.40. The van der Waals surface area contributed by atoms with Gasteiger partial charge in [0.1, 0.15) is 5.76 Å². The molecule has 2 N–H and O–H groups in total. The van der Waals surface area contributed by atoms with Crippen LogP contribution in [0.3, 0.4) is 0 Å². The Morgan fingerprint density at radius 3 is 2.64 bits per heavy atom. The Kier molecular flexibility index (Phi) is 6.03. The predicted molar refractivity (Wildman–Crippen MR) is 89.1 cm³/mol. The van der Waals surface area contributed by atoms with Crippen molar-refractivity contribution < 1.29 is 9.21 Å². The van der Waals surface area contributed by atoms with Crippen LogP contribution in [0.2, 0.25) is 0 Å². The third-order valence-electron chi connectivity index (χ3n) is 3.44. The first kappa shape index (κ1) is 16.6. The van der Waals surface area contributed by atoms with E-state index in [2.05, 4.69) is 29.7 Å². The molecule has 0 aliphatic heterocycles. The lowest BCUT2D eigenvalue weighted by Gasteiger charge is -2.22. The molecule has 0 fully saturated rings. The molecule has 1 atom stereocenters. The maximum Gasteiger partial charge on any atom is 0.315 e. The molecule has 0 aromatic carbocycles. The second kappa shape index (κ2) is 8.00. The zero-order valence-electron chi connectivity index (χ0n) is 13.3. The quantitative estimate of drug-likeness (QED) is 0.824. The number of thiophene rings is 1. The normalized spacial score (nSPS) is 12.4. The molecule has 0 saturated carbocycles. The number of rotatable bonds is 7. The number of likely N-dealkylation sites (N-methyl/N-ethyl adjacent to an activating group) is 1. The van der Waals surface area contributed by atoms with E-state index in [1.165, 1.54) is 9.75 Å². The van der Waals surface area contributed by atoms with Gasteiger partial charge in [-0.15, -0.1) is 11.3 Å². The van der Waals surface area contributed by atoms with Crippen LogP contribution in [0.4, 0.5) is 4.79 Å². The molecule has 6 heteroatoms. The van der Waals surface area contributed by atoms with Gasteiger partial charge in [0.15, 0.2) is 0 Å². The van der Waals surface area contributed by atoms with Gasteiger partial charge in [-0.1, -0.05) is 6.92 Å². The highest BCUT2D eigenvalue weighted by molar-refractivity contribution is 7.11. The molecule has 0 bridgehead atoms. The first-order chi connectivity index (χ1) is 10.6. The molecule has 2 aromatic heterocycles. The van der Waals surface area contributed by atoms with Gasteiger partial charge < -0.3 is 15.1 Å². The van der Waals surface area contributed by atoms with Crippen molar-refractivity contribution in [2.45, 2.75) is 25.9 Å². The van der Waals surface area contributed by atoms with Crippen LogP contribution in [0.25, 0.3) is 0 Å². The molecule has 2 amide bonds. The summed E-state index contributed by atoms with van der Waals surface area (Å²) < 4.78 is 5.42. The van der Waals surface area contributed by atoms with E-state index in [1.54, 1.807) is 17.6 Å². The number of nitrogens with zero attached hydrogens (tertiary/aromatic N) is 1. The molecular weight excluding hydrogens is 298 g/mol. The molecule has 2 rings (SSSR count). The van der Waals surface area contributed by atoms with E-state index in [9.17, 15) is 4.79 Å². The van der Waals surface area contributed by atoms with Crippen molar-refractivity contribution in [3.05, 3.63) is 46.0 Å². The van der Waals surface area contributed by atoms with Crippen LogP contribution < -0.4 is 10.6 Å². The molecular formula is C16H23N3O2S. The molecule has 2 heterocycles. The number of urea groups is 1. The van der Waals surface area contributed by atoms with E-state index >= 15 is 0 Å². The number of hydrogen-bond donors (Lipinski definition) is 2. The van der Waals surface area contributed by atoms with Crippen LogP contribution in [-0.4, -0.2) is 31.6 Å². The summed E-state index contributed by atoms with van der Waals surface area (Å²) in [7, 11) is 3.93. The van der Waals surface area contributed by atoms with E-state index < -0.39 is 0 Å². The van der Waals surface area contributed by atoms with Crippen LogP contribution in [-0.2, 0) is 13.0 Å². The van der Waals surface area contributed by atoms with Gasteiger partial charge in [0, 0.05) is 16.3 Å². The number of nitrogens with one attached hydrogen (secondary N) is 2. The summed E-state index contributed by atoms with van der Waals surface area (Å²) in [5.41, 5.74) is 0. The van der Waals surface area contributed by atoms with Crippen LogP contribution in [0, 0.1) is 0 Å². The number of furan rings is 1. The van der Waals surface area contributed by atoms with Crippen molar-refractivity contribution in [2.75, 3.05) is 20.6 Å². The number of aryl methyl sites for hydroxylation is 1. The molecule has 0 radical (unpaired) electrons. The molecule has 0 aliphatic rings. The van der Waals surface area contributed by atoms with Crippen molar-refractivity contribution >= 4 is 17.4 Å². The van der Waals surface area contributed by atoms with Gasteiger partial charge in [0.25, 0.3) is 0 Å². The van der Waals surface area contributed by atoms with Crippen LogP contribution in [0.1, 0.15) is 28.5 Å². The molecule has 0 aliphatic carbocycles. The third kappa shape index (κ3) is 4.61. The summed E-state index contributed by atoms with van der Waals surface area (Å²) in [6.07, 6.45) is 2.68. The Labute approximate surface area is 135 Å². The zero-order valence-corrected chi connectivity index (χ0v) is 14.1. The average Bonchev–Trinajstić information content (AvgIpc) is 3.16. The Hall–Kier alpha value is -1.79. The van der Waals surface area contributed by atoms with Crippen molar-refractivity contribution in [1.82, 2.24) is 15.5 Å². The lowest BCUT2D eigenvalue weighted by molar-refractivity contribution is 0.225. The highest BCUT2D eigenvalue weighted by atomic mass is 32.1. The summed E-state index contributed by atoms with van der Waals surface area (Å²) in [4.78, 5) is 16.4. The molecule has 120 valence electrons. The van der Waals surface area contributed by atoms with Gasteiger partial charge in [-0.05, 0) is 44.8 Å². The number of carbonyl (C=O) groups excluding carboxylic acids is 1. The smallest absolute Gasteiger partial charge is 0.315 e. The highest BCUT2D eigenvalue weighted by Gasteiger charge is 2.17. The topological polar surface area (TPSA) is 57.5 Å². The highest BCUT2D eigenvalue weighted by Crippen LogP contribution is 2.18. The first-order valence-electron chi connectivity index (χ1n) is 7.39. The van der Waals surface area contributed by atoms with E-state index in [-0.39, 0.29) is 12.1 Å². The van der Waals surface area contributed by atoms with Crippen LogP contribution in [0.15, 0.2) is 34.9 Å². The summed E-state index contributed by atoms with van der Waals surface area (Å²) >= 11 is 1.74. The number of carbonyl (C=O) groups is 1. The predicted octanol–water partition coefficient (Wildman–Crippen LogP) is 3.01. The van der Waals surface area contributed by atoms with E-state index in [4.69, 9.17) is 4.42 Å². The van der Waals surface area contributed by atoms with Gasteiger partial charge in [-0.3, -0.25) is 4.90 Å². The third-order valence-corrected chi connectivity index (χ3v) is 4.67. The standard InChI is InChI=1S/C16H23N3O2S/c1-4-12-7-8-13(22-12)10-17-16(20)18-11-14(19(2)3)15-6-5-9-21-15/h5-9,14H,4,10-11H2,1-3H3,(H2,17,18,20)/t14-/m0/s1. The largest absolute Gasteiger partial charge is 0.468 e. The Balaban J connectivity index is 1.79. The summed E-state index contributed by atoms with van der Waals surface area (Å²) in [6.45, 7) is 3.19. The summed E-state index contributed by atoms with van der Waals surface area (Å²) in [5, 5.41) is 5.78. The Morgan fingerprint density at radius 1 is 1.27 bits per heavy atom. The fraction of sp³-hybridized carbons (Fsp3) is 0.438. The minimum atomic E-state index is -0.162. The molecule has 22 heavy (non-hydrogen) atoms. The number of hydrogen-bond acceptors (Lipinski definition) is 4. The monoisotopic (exact) mass is 321 g/mol. The van der Waals surface area contributed by atoms with Crippen LogP contribution >= 0.6 is 11.3 Å².